The Morgan fingerprint density at radius 2 is 2.21 bits per heavy atom. The highest BCUT2D eigenvalue weighted by Crippen LogP contribution is 2.41. The molecular formula is C12H19NS. The third-order valence-electron chi connectivity index (χ3n) is 3.35. The fourth-order valence-electron chi connectivity index (χ4n) is 2.70. The summed E-state index contributed by atoms with van der Waals surface area (Å²) in [6.07, 6.45) is 6.95. The second-order valence-corrected chi connectivity index (χ2v) is 5.53. The van der Waals surface area contributed by atoms with E-state index in [-0.39, 0.29) is 0 Å². The molecule has 1 aliphatic carbocycles. The van der Waals surface area contributed by atoms with Crippen molar-refractivity contribution in [2.75, 3.05) is 13.6 Å². The van der Waals surface area contributed by atoms with Gasteiger partial charge in [-0.1, -0.05) is 18.9 Å². The van der Waals surface area contributed by atoms with Gasteiger partial charge < -0.3 is 5.32 Å². The van der Waals surface area contributed by atoms with E-state index in [1.807, 2.05) is 11.3 Å². The van der Waals surface area contributed by atoms with Crippen molar-refractivity contribution in [1.82, 2.24) is 5.32 Å². The van der Waals surface area contributed by atoms with Crippen LogP contribution in [-0.2, 0) is 6.42 Å². The van der Waals surface area contributed by atoms with E-state index in [9.17, 15) is 0 Å². The highest BCUT2D eigenvalue weighted by atomic mass is 32.1. The summed E-state index contributed by atoms with van der Waals surface area (Å²) >= 11 is 1.91. The molecule has 1 fully saturated rings. The molecule has 1 N–H and O–H groups in total. The first-order valence-electron chi connectivity index (χ1n) is 5.52. The molecule has 1 heterocycles. The summed E-state index contributed by atoms with van der Waals surface area (Å²) in [5.74, 6) is 0. The van der Waals surface area contributed by atoms with Crippen LogP contribution in [-0.4, -0.2) is 13.6 Å². The Hall–Kier alpha value is -0.340. The van der Waals surface area contributed by atoms with E-state index in [0.29, 0.717) is 5.41 Å². The highest BCUT2D eigenvalue weighted by molar-refractivity contribution is 7.09. The molecule has 78 valence electrons. The zero-order valence-corrected chi connectivity index (χ0v) is 9.70. The third-order valence-corrected chi connectivity index (χ3v) is 4.22. The second-order valence-electron chi connectivity index (χ2n) is 4.49. The first-order valence-corrected chi connectivity index (χ1v) is 6.40. The lowest BCUT2D eigenvalue weighted by atomic mass is 9.82. The summed E-state index contributed by atoms with van der Waals surface area (Å²) in [6, 6.07) is 4.45. The summed E-state index contributed by atoms with van der Waals surface area (Å²) < 4.78 is 0. The number of rotatable bonds is 4. The van der Waals surface area contributed by atoms with E-state index in [1.54, 1.807) is 4.88 Å². The molecule has 1 saturated carbocycles. The molecule has 1 aromatic heterocycles. The lowest BCUT2D eigenvalue weighted by Crippen LogP contribution is -2.31. The molecule has 0 bridgehead atoms. The molecule has 0 amide bonds. The predicted octanol–water partition coefficient (Wildman–Crippen LogP) is 3.07. The molecule has 1 nitrogen and oxygen atoms in total. The van der Waals surface area contributed by atoms with Crippen LogP contribution in [0.4, 0.5) is 0 Å². The van der Waals surface area contributed by atoms with Crippen LogP contribution in [0.25, 0.3) is 0 Å². The molecule has 14 heavy (non-hydrogen) atoms. The Balaban J connectivity index is 2.04. The number of nitrogens with one attached hydrogen (secondary N) is 1. The molecule has 2 heteroatoms. The quantitative estimate of drug-likeness (QED) is 0.803. The minimum atomic E-state index is 0.569. The van der Waals surface area contributed by atoms with Crippen molar-refractivity contribution >= 4 is 11.3 Å². The summed E-state index contributed by atoms with van der Waals surface area (Å²) in [5.41, 5.74) is 0.569. The zero-order chi connectivity index (χ0) is 9.86. The molecule has 0 radical (unpaired) electrons. The minimum Gasteiger partial charge on any atom is -0.319 e. The standard InChI is InChI=1S/C12H19NS/c1-13-10-12(6-2-3-7-12)9-11-5-4-8-14-11/h4-5,8,13H,2-3,6-7,9-10H2,1H3. The van der Waals surface area contributed by atoms with E-state index in [1.165, 1.54) is 38.6 Å². The smallest absolute Gasteiger partial charge is 0.00512 e. The average molecular weight is 209 g/mol. The lowest BCUT2D eigenvalue weighted by molar-refractivity contribution is 0.288. The molecule has 0 spiro atoms. The monoisotopic (exact) mass is 209 g/mol. The maximum Gasteiger partial charge on any atom is 0.00512 e. The van der Waals surface area contributed by atoms with Gasteiger partial charge in [-0.05, 0) is 43.2 Å². The summed E-state index contributed by atoms with van der Waals surface area (Å²) in [5, 5.41) is 5.56. The van der Waals surface area contributed by atoms with Crippen molar-refractivity contribution in [2.45, 2.75) is 32.1 Å². The van der Waals surface area contributed by atoms with Crippen LogP contribution in [0, 0.1) is 5.41 Å². The summed E-state index contributed by atoms with van der Waals surface area (Å²) in [6.45, 7) is 1.19. The van der Waals surface area contributed by atoms with Crippen LogP contribution in [0.3, 0.4) is 0 Å². The van der Waals surface area contributed by atoms with Crippen molar-refractivity contribution in [3.05, 3.63) is 22.4 Å². The fourth-order valence-corrected chi connectivity index (χ4v) is 3.58. The van der Waals surface area contributed by atoms with Crippen molar-refractivity contribution in [3.63, 3.8) is 0 Å². The first-order chi connectivity index (χ1) is 6.85. The van der Waals surface area contributed by atoms with Crippen LogP contribution in [0.15, 0.2) is 17.5 Å². The molecule has 0 saturated heterocycles. The van der Waals surface area contributed by atoms with E-state index < -0.39 is 0 Å². The van der Waals surface area contributed by atoms with E-state index in [2.05, 4.69) is 29.9 Å². The van der Waals surface area contributed by atoms with E-state index >= 15 is 0 Å². The van der Waals surface area contributed by atoms with Gasteiger partial charge in [0.25, 0.3) is 0 Å². The predicted molar refractivity (Wildman–Crippen MR) is 62.9 cm³/mol. The molecular weight excluding hydrogens is 190 g/mol. The van der Waals surface area contributed by atoms with Gasteiger partial charge >= 0.3 is 0 Å². The number of thiophene rings is 1. The highest BCUT2D eigenvalue weighted by Gasteiger charge is 2.33. The van der Waals surface area contributed by atoms with Crippen LogP contribution in [0.1, 0.15) is 30.6 Å². The Morgan fingerprint density at radius 1 is 1.43 bits per heavy atom. The Labute approximate surface area is 90.5 Å². The van der Waals surface area contributed by atoms with Gasteiger partial charge in [-0.3, -0.25) is 0 Å². The van der Waals surface area contributed by atoms with Gasteiger partial charge in [0.2, 0.25) is 0 Å². The van der Waals surface area contributed by atoms with Crippen LogP contribution >= 0.6 is 11.3 Å². The first kappa shape index (κ1) is 10.2. The fraction of sp³-hybridized carbons (Fsp3) is 0.667. The number of hydrogen-bond donors (Lipinski definition) is 1. The summed E-state index contributed by atoms with van der Waals surface area (Å²) in [7, 11) is 2.08. The van der Waals surface area contributed by atoms with Gasteiger partial charge in [-0.25, -0.2) is 0 Å². The molecule has 0 atom stereocenters. The topological polar surface area (TPSA) is 12.0 Å². The second kappa shape index (κ2) is 4.45. The number of hydrogen-bond acceptors (Lipinski definition) is 2. The minimum absolute atomic E-state index is 0.569. The van der Waals surface area contributed by atoms with Gasteiger partial charge in [0.1, 0.15) is 0 Å². The van der Waals surface area contributed by atoms with E-state index in [4.69, 9.17) is 0 Å². The van der Waals surface area contributed by atoms with Gasteiger partial charge in [0.05, 0.1) is 0 Å². The largest absolute Gasteiger partial charge is 0.319 e. The van der Waals surface area contributed by atoms with Crippen LogP contribution in [0.2, 0.25) is 0 Å². The van der Waals surface area contributed by atoms with Gasteiger partial charge in [0.15, 0.2) is 0 Å². The third kappa shape index (κ3) is 2.18. The van der Waals surface area contributed by atoms with E-state index in [0.717, 1.165) is 0 Å². The summed E-state index contributed by atoms with van der Waals surface area (Å²) in [4.78, 5) is 1.56. The van der Waals surface area contributed by atoms with Crippen LogP contribution in [0.5, 0.6) is 0 Å². The van der Waals surface area contributed by atoms with Crippen molar-refractivity contribution < 1.29 is 0 Å². The average Bonchev–Trinajstić information content (AvgIpc) is 2.78. The van der Waals surface area contributed by atoms with Crippen molar-refractivity contribution in [1.29, 1.82) is 0 Å². The lowest BCUT2D eigenvalue weighted by Gasteiger charge is -2.28. The maximum absolute atomic E-state index is 3.37. The van der Waals surface area contributed by atoms with Crippen molar-refractivity contribution in [2.24, 2.45) is 5.41 Å². The SMILES string of the molecule is CNCC1(Cc2cccs2)CCCC1. The molecule has 0 aromatic carbocycles. The molecule has 0 aliphatic heterocycles. The molecule has 2 rings (SSSR count). The Kier molecular flexibility index (Phi) is 3.24. The van der Waals surface area contributed by atoms with Gasteiger partial charge in [-0.15, -0.1) is 11.3 Å². The Morgan fingerprint density at radius 3 is 2.79 bits per heavy atom. The van der Waals surface area contributed by atoms with Gasteiger partial charge in [-0.2, -0.15) is 0 Å². The molecule has 1 aromatic rings. The molecule has 1 aliphatic rings. The Bertz CT molecular complexity index is 260. The normalized spacial score (nSPS) is 20.1. The van der Waals surface area contributed by atoms with Gasteiger partial charge in [0, 0.05) is 11.4 Å². The van der Waals surface area contributed by atoms with Crippen molar-refractivity contribution in [3.8, 4) is 0 Å². The van der Waals surface area contributed by atoms with Crippen LogP contribution < -0.4 is 5.32 Å². The molecule has 0 unspecified atom stereocenters. The zero-order valence-electron chi connectivity index (χ0n) is 8.88. The maximum atomic E-state index is 3.37.